The third-order valence-electron chi connectivity index (χ3n) is 3.04. The molecule has 2 nitrogen and oxygen atoms in total. The summed E-state index contributed by atoms with van der Waals surface area (Å²) in [6, 6.07) is 6.96. The Bertz CT molecular complexity index is 482. The first-order valence-electron chi connectivity index (χ1n) is 5.53. The molecular formula is C13H15NO. The first-order chi connectivity index (χ1) is 7.34. The van der Waals surface area contributed by atoms with Crippen LogP contribution in [0.4, 0.5) is 0 Å². The summed E-state index contributed by atoms with van der Waals surface area (Å²) in [5, 5.41) is 4.80. The van der Waals surface area contributed by atoms with Crippen LogP contribution in [0.5, 0.6) is 0 Å². The van der Waals surface area contributed by atoms with Gasteiger partial charge in [-0.2, -0.15) is 0 Å². The quantitative estimate of drug-likeness (QED) is 0.825. The number of furan rings is 1. The average molecular weight is 201 g/mol. The highest BCUT2D eigenvalue weighted by Gasteiger charge is 2.20. The van der Waals surface area contributed by atoms with Gasteiger partial charge >= 0.3 is 0 Å². The Hall–Kier alpha value is -1.28. The van der Waals surface area contributed by atoms with Gasteiger partial charge in [0.25, 0.3) is 0 Å². The Labute approximate surface area is 89.3 Å². The Morgan fingerprint density at radius 3 is 3.07 bits per heavy atom. The van der Waals surface area contributed by atoms with E-state index in [1.807, 2.05) is 18.4 Å². The maximum Gasteiger partial charge on any atom is 0.134 e. The molecule has 3 rings (SSSR count). The van der Waals surface area contributed by atoms with Gasteiger partial charge in [0.1, 0.15) is 5.58 Å². The maximum absolute atomic E-state index is 5.54. The van der Waals surface area contributed by atoms with Gasteiger partial charge in [0, 0.05) is 23.5 Å². The lowest BCUT2D eigenvalue weighted by Crippen LogP contribution is -2.14. The predicted molar refractivity (Wildman–Crippen MR) is 60.8 cm³/mol. The SMILES string of the molecule is Cc1cccc2occ(CNC3CC3)c12. The van der Waals surface area contributed by atoms with Crippen LogP contribution in [-0.2, 0) is 6.54 Å². The molecule has 1 aliphatic rings. The molecule has 78 valence electrons. The zero-order valence-corrected chi connectivity index (χ0v) is 8.92. The Morgan fingerprint density at radius 2 is 2.27 bits per heavy atom. The van der Waals surface area contributed by atoms with Gasteiger partial charge in [0.2, 0.25) is 0 Å². The zero-order chi connectivity index (χ0) is 10.3. The zero-order valence-electron chi connectivity index (χ0n) is 8.92. The molecule has 1 heterocycles. The van der Waals surface area contributed by atoms with Crippen molar-refractivity contribution in [3.05, 3.63) is 35.6 Å². The van der Waals surface area contributed by atoms with E-state index < -0.39 is 0 Å². The largest absolute Gasteiger partial charge is 0.464 e. The van der Waals surface area contributed by atoms with Crippen molar-refractivity contribution in [3.8, 4) is 0 Å². The smallest absolute Gasteiger partial charge is 0.134 e. The summed E-state index contributed by atoms with van der Waals surface area (Å²) >= 11 is 0. The number of benzene rings is 1. The summed E-state index contributed by atoms with van der Waals surface area (Å²) in [5.41, 5.74) is 3.59. The highest BCUT2D eigenvalue weighted by molar-refractivity contribution is 5.84. The lowest BCUT2D eigenvalue weighted by atomic mass is 10.1. The molecule has 0 saturated heterocycles. The van der Waals surface area contributed by atoms with Gasteiger partial charge in [-0.15, -0.1) is 0 Å². The first-order valence-corrected chi connectivity index (χ1v) is 5.53. The number of aryl methyl sites for hydroxylation is 1. The van der Waals surface area contributed by atoms with Crippen molar-refractivity contribution in [2.45, 2.75) is 32.4 Å². The minimum absolute atomic E-state index is 0.749. The van der Waals surface area contributed by atoms with Crippen molar-refractivity contribution in [2.24, 2.45) is 0 Å². The first kappa shape index (κ1) is 8.98. The van der Waals surface area contributed by atoms with Crippen molar-refractivity contribution < 1.29 is 4.42 Å². The molecule has 1 aromatic carbocycles. The average Bonchev–Trinajstić information content (AvgIpc) is 2.96. The highest BCUT2D eigenvalue weighted by Crippen LogP contribution is 2.26. The summed E-state index contributed by atoms with van der Waals surface area (Å²) in [5.74, 6) is 0. The van der Waals surface area contributed by atoms with Gasteiger partial charge in [-0.05, 0) is 31.4 Å². The van der Waals surface area contributed by atoms with Crippen LogP contribution in [0, 0.1) is 6.92 Å². The molecule has 1 N–H and O–H groups in total. The van der Waals surface area contributed by atoms with E-state index in [0.717, 1.165) is 18.2 Å². The second-order valence-electron chi connectivity index (χ2n) is 4.36. The summed E-state index contributed by atoms with van der Waals surface area (Å²) in [4.78, 5) is 0. The maximum atomic E-state index is 5.54. The van der Waals surface area contributed by atoms with E-state index in [0.29, 0.717) is 0 Å². The van der Waals surface area contributed by atoms with Gasteiger partial charge in [-0.3, -0.25) is 0 Å². The lowest BCUT2D eigenvalue weighted by Gasteiger charge is -2.01. The van der Waals surface area contributed by atoms with E-state index in [4.69, 9.17) is 4.42 Å². The number of nitrogens with one attached hydrogen (secondary N) is 1. The molecule has 15 heavy (non-hydrogen) atoms. The summed E-state index contributed by atoms with van der Waals surface area (Å²) in [6.45, 7) is 3.07. The molecule has 0 radical (unpaired) electrons. The molecule has 1 fully saturated rings. The van der Waals surface area contributed by atoms with Crippen LogP contribution in [0.2, 0.25) is 0 Å². The van der Waals surface area contributed by atoms with Gasteiger partial charge < -0.3 is 9.73 Å². The molecule has 1 aliphatic carbocycles. The fraction of sp³-hybridized carbons (Fsp3) is 0.385. The number of hydrogen-bond acceptors (Lipinski definition) is 2. The van der Waals surface area contributed by atoms with E-state index in [2.05, 4.69) is 18.3 Å². The van der Waals surface area contributed by atoms with E-state index in [-0.39, 0.29) is 0 Å². The van der Waals surface area contributed by atoms with Crippen LogP contribution >= 0.6 is 0 Å². The standard InChI is InChI=1S/C13H15NO/c1-9-3-2-4-12-13(9)10(8-15-12)7-14-11-5-6-11/h2-4,8,11,14H,5-7H2,1H3. The Balaban J connectivity index is 1.94. The van der Waals surface area contributed by atoms with Crippen LogP contribution in [0.15, 0.2) is 28.9 Å². The molecule has 1 aromatic heterocycles. The lowest BCUT2D eigenvalue weighted by molar-refractivity contribution is 0.601. The molecule has 2 aromatic rings. The molecule has 1 saturated carbocycles. The van der Waals surface area contributed by atoms with E-state index in [1.54, 1.807) is 0 Å². The topological polar surface area (TPSA) is 25.2 Å². The van der Waals surface area contributed by atoms with E-state index in [1.165, 1.54) is 29.4 Å². The second kappa shape index (κ2) is 3.38. The molecule has 0 amide bonds. The minimum atomic E-state index is 0.749. The van der Waals surface area contributed by atoms with Crippen molar-refractivity contribution in [3.63, 3.8) is 0 Å². The molecule has 0 spiro atoms. The molecular weight excluding hydrogens is 186 g/mol. The third-order valence-corrected chi connectivity index (χ3v) is 3.04. The highest BCUT2D eigenvalue weighted by atomic mass is 16.3. The summed E-state index contributed by atoms with van der Waals surface area (Å²) in [6.07, 6.45) is 4.54. The van der Waals surface area contributed by atoms with Crippen LogP contribution in [0.25, 0.3) is 11.0 Å². The van der Waals surface area contributed by atoms with Crippen molar-refractivity contribution in [2.75, 3.05) is 0 Å². The molecule has 0 atom stereocenters. The molecule has 0 aliphatic heterocycles. The van der Waals surface area contributed by atoms with Gasteiger partial charge in [-0.1, -0.05) is 12.1 Å². The molecule has 0 bridgehead atoms. The van der Waals surface area contributed by atoms with E-state index in [9.17, 15) is 0 Å². The molecule has 2 heteroatoms. The fourth-order valence-corrected chi connectivity index (χ4v) is 2.02. The van der Waals surface area contributed by atoms with Crippen LogP contribution < -0.4 is 5.32 Å². The van der Waals surface area contributed by atoms with Crippen molar-refractivity contribution in [1.29, 1.82) is 0 Å². The third kappa shape index (κ3) is 1.65. The van der Waals surface area contributed by atoms with Crippen molar-refractivity contribution in [1.82, 2.24) is 5.32 Å². The second-order valence-corrected chi connectivity index (χ2v) is 4.36. The van der Waals surface area contributed by atoms with Gasteiger partial charge in [0.15, 0.2) is 0 Å². The van der Waals surface area contributed by atoms with Crippen LogP contribution in [-0.4, -0.2) is 6.04 Å². The Kier molecular flexibility index (Phi) is 2.03. The number of hydrogen-bond donors (Lipinski definition) is 1. The fourth-order valence-electron chi connectivity index (χ4n) is 2.02. The van der Waals surface area contributed by atoms with Crippen LogP contribution in [0.3, 0.4) is 0 Å². The van der Waals surface area contributed by atoms with Crippen molar-refractivity contribution >= 4 is 11.0 Å². The number of rotatable bonds is 3. The van der Waals surface area contributed by atoms with Gasteiger partial charge in [-0.25, -0.2) is 0 Å². The molecule has 0 unspecified atom stereocenters. The van der Waals surface area contributed by atoms with Gasteiger partial charge in [0.05, 0.1) is 6.26 Å². The van der Waals surface area contributed by atoms with E-state index >= 15 is 0 Å². The Morgan fingerprint density at radius 1 is 1.40 bits per heavy atom. The number of fused-ring (bicyclic) bond motifs is 1. The minimum Gasteiger partial charge on any atom is -0.464 e. The predicted octanol–water partition coefficient (Wildman–Crippen LogP) is 2.99. The summed E-state index contributed by atoms with van der Waals surface area (Å²) < 4.78 is 5.54. The van der Waals surface area contributed by atoms with Crippen LogP contribution in [0.1, 0.15) is 24.0 Å². The normalized spacial score (nSPS) is 16.1. The summed E-state index contributed by atoms with van der Waals surface area (Å²) in [7, 11) is 0. The monoisotopic (exact) mass is 201 g/mol.